The number of hydrogen-bond acceptors (Lipinski definition) is 6. The predicted molar refractivity (Wildman–Crippen MR) is 118 cm³/mol. The van der Waals surface area contributed by atoms with Crippen LogP contribution in [-0.2, 0) is 4.79 Å². The quantitative estimate of drug-likeness (QED) is 0.422. The molecule has 2 aromatic heterocycles. The monoisotopic (exact) mass is 421 g/mol. The molecule has 2 heterocycles. The van der Waals surface area contributed by atoms with Crippen molar-refractivity contribution in [1.29, 1.82) is 0 Å². The van der Waals surface area contributed by atoms with Crippen LogP contribution in [0.4, 0.5) is 5.13 Å². The second kappa shape index (κ2) is 8.79. The van der Waals surface area contributed by atoms with Crippen molar-refractivity contribution in [2.24, 2.45) is 0 Å². The highest BCUT2D eigenvalue weighted by Gasteiger charge is 2.09. The summed E-state index contributed by atoms with van der Waals surface area (Å²) in [7, 11) is 0. The molecule has 0 saturated carbocycles. The van der Waals surface area contributed by atoms with Gasteiger partial charge in [-0.05, 0) is 42.3 Å². The Morgan fingerprint density at radius 3 is 2.90 bits per heavy atom. The number of anilines is 1. The van der Waals surface area contributed by atoms with E-state index in [1.807, 2.05) is 35.7 Å². The molecule has 1 amide bonds. The Labute approximate surface area is 176 Å². The van der Waals surface area contributed by atoms with Gasteiger partial charge in [-0.3, -0.25) is 15.1 Å². The van der Waals surface area contributed by atoms with Gasteiger partial charge >= 0.3 is 5.76 Å². The number of nitrogens with zero attached hydrogens (tertiary/aromatic N) is 1. The zero-order valence-corrected chi connectivity index (χ0v) is 17.0. The summed E-state index contributed by atoms with van der Waals surface area (Å²) in [6.45, 7) is 2.74. The summed E-state index contributed by atoms with van der Waals surface area (Å²) >= 11 is 1.32. The van der Waals surface area contributed by atoms with E-state index < -0.39 is 5.76 Å². The van der Waals surface area contributed by atoms with E-state index >= 15 is 0 Å². The van der Waals surface area contributed by atoms with Crippen LogP contribution in [0.25, 0.3) is 28.4 Å². The lowest BCUT2D eigenvalue weighted by molar-refractivity contribution is -0.111. The lowest BCUT2D eigenvalue weighted by atomic mass is 10.1. The number of amides is 1. The molecule has 2 aromatic carbocycles. The van der Waals surface area contributed by atoms with Gasteiger partial charge in [-0.2, -0.15) is 0 Å². The van der Waals surface area contributed by atoms with Crippen LogP contribution in [0, 0.1) is 0 Å². The second-order valence-electron chi connectivity index (χ2n) is 6.50. The molecule has 0 bridgehead atoms. The van der Waals surface area contributed by atoms with Gasteiger partial charge < -0.3 is 9.15 Å². The van der Waals surface area contributed by atoms with Crippen molar-refractivity contribution in [3.05, 3.63) is 70.0 Å². The average Bonchev–Trinajstić information content (AvgIpc) is 3.36. The van der Waals surface area contributed by atoms with Crippen LogP contribution >= 0.6 is 11.3 Å². The van der Waals surface area contributed by atoms with E-state index in [9.17, 15) is 9.59 Å². The number of aromatic nitrogens is 2. The molecule has 0 aliphatic heterocycles. The molecular weight excluding hydrogens is 402 g/mol. The molecule has 0 aliphatic rings. The molecule has 0 fully saturated rings. The first-order valence-corrected chi connectivity index (χ1v) is 10.3. The number of H-pyrrole nitrogens is 1. The topological polar surface area (TPSA) is 97.2 Å². The van der Waals surface area contributed by atoms with Gasteiger partial charge in [-0.25, -0.2) is 9.78 Å². The van der Waals surface area contributed by atoms with E-state index in [4.69, 9.17) is 9.15 Å². The fourth-order valence-corrected chi connectivity index (χ4v) is 3.51. The minimum absolute atomic E-state index is 0.269. The van der Waals surface area contributed by atoms with Crippen LogP contribution in [-0.4, -0.2) is 22.5 Å². The Morgan fingerprint density at radius 1 is 1.27 bits per heavy atom. The molecule has 7 nitrogen and oxygen atoms in total. The molecule has 0 unspecified atom stereocenters. The van der Waals surface area contributed by atoms with Crippen molar-refractivity contribution in [2.45, 2.75) is 13.3 Å². The van der Waals surface area contributed by atoms with Crippen molar-refractivity contribution in [2.75, 3.05) is 11.9 Å². The lowest BCUT2D eigenvalue weighted by Gasteiger charge is -2.04. The van der Waals surface area contributed by atoms with E-state index in [1.54, 1.807) is 18.2 Å². The fourth-order valence-electron chi connectivity index (χ4n) is 2.78. The zero-order valence-electron chi connectivity index (χ0n) is 16.2. The molecule has 0 radical (unpaired) electrons. The van der Waals surface area contributed by atoms with Gasteiger partial charge in [-0.1, -0.05) is 25.1 Å². The van der Waals surface area contributed by atoms with E-state index in [1.165, 1.54) is 17.4 Å². The summed E-state index contributed by atoms with van der Waals surface area (Å²) < 4.78 is 10.6. The first-order valence-electron chi connectivity index (χ1n) is 9.41. The van der Waals surface area contributed by atoms with Gasteiger partial charge in [-0.15, -0.1) is 11.3 Å². The lowest BCUT2D eigenvalue weighted by Crippen LogP contribution is -2.07. The average molecular weight is 421 g/mol. The SMILES string of the molecule is CCCOc1ccc(/C=C/C(=O)Nc2nc(-c3ccc4[nH]c(=O)oc4c3)cs2)cc1. The largest absolute Gasteiger partial charge is 0.494 e. The Kier molecular flexibility index (Phi) is 5.76. The maximum absolute atomic E-state index is 12.2. The molecule has 0 spiro atoms. The number of oxazole rings is 1. The Balaban J connectivity index is 1.39. The van der Waals surface area contributed by atoms with Crippen LogP contribution < -0.4 is 15.8 Å². The van der Waals surface area contributed by atoms with Gasteiger partial charge in [0, 0.05) is 17.0 Å². The standard InChI is InChI=1S/C22H19N3O4S/c1-2-11-28-16-7-3-14(4-8-16)5-10-20(26)25-21-23-18(13-30-21)15-6-9-17-19(12-15)29-22(27)24-17/h3-10,12-13H,2,11H2,1H3,(H,24,27)(H,23,25,26)/b10-5+. The van der Waals surface area contributed by atoms with Crippen LogP contribution in [0.15, 0.2) is 63.1 Å². The molecule has 0 aliphatic carbocycles. The van der Waals surface area contributed by atoms with E-state index in [2.05, 4.69) is 22.2 Å². The first-order chi connectivity index (χ1) is 14.6. The fraction of sp³-hybridized carbons (Fsp3) is 0.136. The number of carbonyl (C=O) groups is 1. The number of carbonyl (C=O) groups excluding carboxylic acids is 1. The van der Waals surface area contributed by atoms with Crippen molar-refractivity contribution in [3.8, 4) is 17.0 Å². The minimum atomic E-state index is -0.497. The number of benzene rings is 2. The molecule has 2 N–H and O–H groups in total. The molecule has 4 aromatic rings. The number of hydrogen-bond donors (Lipinski definition) is 2. The van der Waals surface area contributed by atoms with E-state index in [0.717, 1.165) is 23.3 Å². The third-order valence-electron chi connectivity index (χ3n) is 4.23. The first kappa shape index (κ1) is 19.7. The smallest absolute Gasteiger partial charge is 0.417 e. The molecular formula is C22H19N3O4S. The maximum Gasteiger partial charge on any atom is 0.417 e. The van der Waals surface area contributed by atoms with Crippen LogP contribution in [0.2, 0.25) is 0 Å². The molecule has 0 atom stereocenters. The molecule has 0 saturated heterocycles. The number of nitrogens with one attached hydrogen (secondary N) is 2. The van der Waals surface area contributed by atoms with Gasteiger partial charge in [0.15, 0.2) is 10.7 Å². The Bertz CT molecular complexity index is 1250. The highest BCUT2D eigenvalue weighted by molar-refractivity contribution is 7.14. The van der Waals surface area contributed by atoms with E-state index in [0.29, 0.717) is 28.5 Å². The van der Waals surface area contributed by atoms with Crippen LogP contribution in [0.1, 0.15) is 18.9 Å². The molecule has 30 heavy (non-hydrogen) atoms. The minimum Gasteiger partial charge on any atom is -0.494 e. The molecule has 4 rings (SSSR count). The second-order valence-corrected chi connectivity index (χ2v) is 7.36. The zero-order chi connectivity index (χ0) is 20.9. The van der Waals surface area contributed by atoms with Crippen molar-refractivity contribution < 1.29 is 13.9 Å². The summed E-state index contributed by atoms with van der Waals surface area (Å²) in [5, 5.41) is 5.08. The van der Waals surface area contributed by atoms with Gasteiger partial charge in [0.05, 0.1) is 17.8 Å². The van der Waals surface area contributed by atoms with Crippen molar-refractivity contribution >= 4 is 39.6 Å². The number of aromatic amines is 1. The number of thiazole rings is 1. The van der Waals surface area contributed by atoms with Gasteiger partial charge in [0.1, 0.15) is 5.75 Å². The van der Waals surface area contributed by atoms with E-state index in [-0.39, 0.29) is 5.91 Å². The summed E-state index contributed by atoms with van der Waals surface area (Å²) in [6.07, 6.45) is 4.15. The Hall–Kier alpha value is -3.65. The van der Waals surface area contributed by atoms with Crippen molar-refractivity contribution in [1.82, 2.24) is 9.97 Å². The third-order valence-corrected chi connectivity index (χ3v) is 4.99. The van der Waals surface area contributed by atoms with Crippen LogP contribution in [0.3, 0.4) is 0 Å². The van der Waals surface area contributed by atoms with Crippen molar-refractivity contribution in [3.63, 3.8) is 0 Å². The normalized spacial score (nSPS) is 11.2. The van der Waals surface area contributed by atoms with Gasteiger partial charge in [0.2, 0.25) is 5.91 Å². The third kappa shape index (κ3) is 4.66. The van der Waals surface area contributed by atoms with Gasteiger partial charge in [0.25, 0.3) is 0 Å². The number of rotatable bonds is 7. The molecule has 8 heteroatoms. The Morgan fingerprint density at radius 2 is 2.10 bits per heavy atom. The summed E-state index contributed by atoms with van der Waals surface area (Å²) in [5.74, 6) is 0.0449. The summed E-state index contributed by atoms with van der Waals surface area (Å²) in [5.41, 5.74) is 3.47. The molecule has 152 valence electrons. The highest BCUT2D eigenvalue weighted by atomic mass is 32.1. The number of ether oxygens (including phenoxy) is 1. The summed E-state index contributed by atoms with van der Waals surface area (Å²) in [4.78, 5) is 30.5. The number of fused-ring (bicyclic) bond motifs is 1. The highest BCUT2D eigenvalue weighted by Crippen LogP contribution is 2.27. The predicted octanol–water partition coefficient (Wildman–Crippen LogP) is 4.69. The summed E-state index contributed by atoms with van der Waals surface area (Å²) in [6, 6.07) is 12.9. The maximum atomic E-state index is 12.2. The van der Waals surface area contributed by atoms with Crippen LogP contribution in [0.5, 0.6) is 5.75 Å².